The van der Waals surface area contributed by atoms with Crippen LogP contribution in [0.2, 0.25) is 5.02 Å². The van der Waals surface area contributed by atoms with Gasteiger partial charge < -0.3 is 4.74 Å². The van der Waals surface area contributed by atoms with E-state index in [2.05, 4.69) is 19.7 Å². The van der Waals surface area contributed by atoms with Crippen molar-refractivity contribution in [3.63, 3.8) is 0 Å². The van der Waals surface area contributed by atoms with Crippen molar-refractivity contribution >= 4 is 23.6 Å². The molecule has 16 heavy (non-hydrogen) atoms. The minimum Gasteiger partial charge on any atom is -0.466 e. The number of rotatable bonds is 3. The molecule has 0 N–H and O–H groups in total. The van der Waals surface area contributed by atoms with Gasteiger partial charge in [-0.2, -0.15) is 0 Å². The van der Waals surface area contributed by atoms with Crippen molar-refractivity contribution in [2.45, 2.75) is 0 Å². The summed E-state index contributed by atoms with van der Waals surface area (Å²) >= 11 is 5.84. The molecule has 1 rings (SSSR count). The highest BCUT2D eigenvalue weighted by Gasteiger charge is 2.08. The number of carbonyl (C=O) groups is 1. The lowest BCUT2D eigenvalue weighted by atomic mass is 10.2. The van der Waals surface area contributed by atoms with Gasteiger partial charge in [0.25, 0.3) is 0 Å². The number of methoxy groups -OCH3 is 1. The molecule has 0 fully saturated rings. The summed E-state index contributed by atoms with van der Waals surface area (Å²) in [5.41, 5.74) is 8.58. The Labute approximate surface area is 96.1 Å². The zero-order valence-corrected chi connectivity index (χ0v) is 9.05. The highest BCUT2D eigenvalue weighted by atomic mass is 35.5. The first-order valence-corrected chi connectivity index (χ1v) is 4.51. The predicted molar refractivity (Wildman–Crippen MR) is 58.4 cm³/mol. The highest BCUT2D eigenvalue weighted by Crippen LogP contribution is 2.17. The SMILES string of the molecule is COC(=O)/C(=C/c1cnccc1Cl)N=[N+]=[N-]. The second kappa shape index (κ2) is 5.75. The van der Waals surface area contributed by atoms with Crippen LogP contribution in [-0.4, -0.2) is 18.1 Å². The third-order valence-electron chi connectivity index (χ3n) is 1.64. The fourth-order valence-corrected chi connectivity index (χ4v) is 1.08. The molecule has 0 unspecified atom stereocenters. The monoisotopic (exact) mass is 238 g/mol. The molecule has 1 aromatic rings. The molecule has 82 valence electrons. The van der Waals surface area contributed by atoms with E-state index in [9.17, 15) is 4.79 Å². The molecule has 7 heteroatoms. The number of azide groups is 1. The third-order valence-corrected chi connectivity index (χ3v) is 1.98. The highest BCUT2D eigenvalue weighted by molar-refractivity contribution is 6.32. The van der Waals surface area contributed by atoms with Crippen LogP contribution in [0.5, 0.6) is 0 Å². The summed E-state index contributed by atoms with van der Waals surface area (Å²) in [7, 11) is 1.19. The molecule has 0 saturated carbocycles. The van der Waals surface area contributed by atoms with Gasteiger partial charge in [0.15, 0.2) is 0 Å². The van der Waals surface area contributed by atoms with Gasteiger partial charge in [0.1, 0.15) is 5.70 Å². The van der Waals surface area contributed by atoms with Crippen LogP contribution in [0.25, 0.3) is 16.5 Å². The van der Waals surface area contributed by atoms with E-state index in [1.807, 2.05) is 0 Å². The average Bonchev–Trinajstić information content (AvgIpc) is 2.30. The molecule has 0 bridgehead atoms. The Kier molecular flexibility index (Phi) is 4.32. The molecule has 0 aliphatic rings. The molecule has 1 aromatic heterocycles. The summed E-state index contributed by atoms with van der Waals surface area (Å²) < 4.78 is 4.44. The van der Waals surface area contributed by atoms with Gasteiger partial charge in [-0.15, -0.1) is 0 Å². The smallest absolute Gasteiger partial charge is 0.340 e. The van der Waals surface area contributed by atoms with Crippen molar-refractivity contribution in [1.82, 2.24) is 4.98 Å². The van der Waals surface area contributed by atoms with E-state index >= 15 is 0 Å². The number of ether oxygens (including phenoxy) is 1. The number of pyridine rings is 1. The standard InChI is InChI=1S/C9H7ClN4O2/c1-16-9(15)8(13-14-11)4-6-5-12-3-2-7(6)10/h2-5H,1H3/b8-4-. The van der Waals surface area contributed by atoms with Gasteiger partial charge in [-0.25, -0.2) is 4.79 Å². The molecule has 0 aromatic carbocycles. The molecule has 0 aliphatic heterocycles. The number of nitrogens with zero attached hydrogens (tertiary/aromatic N) is 4. The molecule has 0 saturated heterocycles. The first-order chi connectivity index (χ1) is 7.69. The molecular formula is C9H7ClN4O2. The van der Waals surface area contributed by atoms with Crippen LogP contribution in [0.15, 0.2) is 29.3 Å². The molecule has 6 nitrogen and oxygen atoms in total. The Hall–Kier alpha value is -2.04. The average molecular weight is 239 g/mol. The number of aromatic nitrogens is 1. The summed E-state index contributed by atoms with van der Waals surface area (Å²) in [6.07, 6.45) is 4.25. The molecular weight excluding hydrogens is 232 g/mol. The van der Waals surface area contributed by atoms with Gasteiger partial charge in [-0.1, -0.05) is 16.7 Å². The lowest BCUT2D eigenvalue weighted by molar-refractivity contribution is -0.136. The summed E-state index contributed by atoms with van der Waals surface area (Å²) in [6, 6.07) is 1.55. The summed E-state index contributed by atoms with van der Waals surface area (Å²) in [6.45, 7) is 0. The zero-order chi connectivity index (χ0) is 12.0. The van der Waals surface area contributed by atoms with Crippen LogP contribution < -0.4 is 0 Å². The lowest BCUT2D eigenvalue weighted by Crippen LogP contribution is -2.02. The Bertz CT molecular complexity index is 480. The number of esters is 1. The largest absolute Gasteiger partial charge is 0.466 e. The van der Waals surface area contributed by atoms with E-state index in [1.165, 1.54) is 25.6 Å². The lowest BCUT2D eigenvalue weighted by Gasteiger charge is -2.00. The maximum Gasteiger partial charge on any atom is 0.340 e. The van der Waals surface area contributed by atoms with Crippen LogP contribution in [0.4, 0.5) is 0 Å². The maximum atomic E-state index is 11.2. The zero-order valence-electron chi connectivity index (χ0n) is 8.29. The molecule has 0 spiro atoms. The van der Waals surface area contributed by atoms with Crippen LogP contribution in [0, 0.1) is 0 Å². The quantitative estimate of drug-likeness (QED) is 0.266. The van der Waals surface area contributed by atoms with Crippen LogP contribution >= 0.6 is 11.6 Å². The van der Waals surface area contributed by atoms with Gasteiger partial charge in [-0.05, 0) is 17.7 Å². The van der Waals surface area contributed by atoms with Crippen molar-refractivity contribution in [3.8, 4) is 0 Å². The molecule has 0 radical (unpaired) electrons. The van der Waals surface area contributed by atoms with Crippen LogP contribution in [0.3, 0.4) is 0 Å². The predicted octanol–water partition coefficient (Wildman–Crippen LogP) is 2.56. The van der Waals surface area contributed by atoms with Crippen molar-refractivity contribution in [2.75, 3.05) is 7.11 Å². The van der Waals surface area contributed by atoms with Gasteiger partial charge in [0.2, 0.25) is 0 Å². The van der Waals surface area contributed by atoms with Gasteiger partial charge >= 0.3 is 5.97 Å². The third kappa shape index (κ3) is 2.98. The molecule has 0 aliphatic carbocycles. The summed E-state index contributed by atoms with van der Waals surface area (Å²) in [5, 5.41) is 3.61. The Morgan fingerprint density at radius 2 is 2.50 bits per heavy atom. The number of hydrogen-bond acceptors (Lipinski definition) is 4. The van der Waals surface area contributed by atoms with Crippen molar-refractivity contribution < 1.29 is 9.53 Å². The van der Waals surface area contributed by atoms with Crippen molar-refractivity contribution in [2.24, 2.45) is 5.11 Å². The topological polar surface area (TPSA) is 88.0 Å². The number of halogens is 1. The Morgan fingerprint density at radius 1 is 1.75 bits per heavy atom. The Morgan fingerprint density at radius 3 is 3.06 bits per heavy atom. The first kappa shape index (κ1) is 12.0. The second-order valence-electron chi connectivity index (χ2n) is 2.61. The minimum absolute atomic E-state index is 0.181. The summed E-state index contributed by atoms with van der Waals surface area (Å²) in [5.74, 6) is -0.738. The van der Waals surface area contributed by atoms with E-state index in [4.69, 9.17) is 17.1 Å². The maximum absolute atomic E-state index is 11.2. The first-order valence-electron chi connectivity index (χ1n) is 4.13. The normalized spacial score (nSPS) is 10.5. The van der Waals surface area contributed by atoms with E-state index in [0.29, 0.717) is 10.6 Å². The summed E-state index contributed by atoms with van der Waals surface area (Å²) in [4.78, 5) is 17.5. The van der Waals surface area contributed by atoms with Crippen molar-refractivity contribution in [1.29, 1.82) is 0 Å². The molecule has 0 amide bonds. The van der Waals surface area contributed by atoms with E-state index in [0.717, 1.165) is 0 Å². The van der Waals surface area contributed by atoms with Crippen LogP contribution in [-0.2, 0) is 9.53 Å². The fraction of sp³-hybridized carbons (Fsp3) is 0.111. The molecule has 0 atom stereocenters. The molecule has 1 heterocycles. The second-order valence-corrected chi connectivity index (χ2v) is 3.01. The fourth-order valence-electron chi connectivity index (χ4n) is 0.925. The van der Waals surface area contributed by atoms with E-state index < -0.39 is 5.97 Å². The minimum atomic E-state index is -0.738. The van der Waals surface area contributed by atoms with Crippen molar-refractivity contribution in [3.05, 3.63) is 45.2 Å². The Balaban J connectivity index is 3.17. The van der Waals surface area contributed by atoms with Crippen LogP contribution in [0.1, 0.15) is 5.56 Å². The van der Waals surface area contributed by atoms with Gasteiger partial charge in [0, 0.05) is 22.9 Å². The number of carbonyl (C=O) groups excluding carboxylic acids is 1. The van der Waals surface area contributed by atoms with Gasteiger partial charge in [0.05, 0.1) is 12.1 Å². The number of hydrogen-bond donors (Lipinski definition) is 0. The van der Waals surface area contributed by atoms with E-state index in [1.54, 1.807) is 6.07 Å². The van der Waals surface area contributed by atoms with Gasteiger partial charge in [-0.3, -0.25) is 4.98 Å². The van der Waals surface area contributed by atoms with E-state index in [-0.39, 0.29) is 5.70 Å².